The molecule has 0 bridgehead atoms. The summed E-state index contributed by atoms with van der Waals surface area (Å²) in [6.45, 7) is 0. The molecule has 0 saturated carbocycles. The summed E-state index contributed by atoms with van der Waals surface area (Å²) < 4.78 is 10.3. The molecule has 7 heteroatoms. The van der Waals surface area contributed by atoms with Gasteiger partial charge in [-0.25, -0.2) is 9.97 Å². The number of hydrogen-bond donors (Lipinski definition) is 2. The van der Waals surface area contributed by atoms with Gasteiger partial charge in [0.1, 0.15) is 23.0 Å². The predicted molar refractivity (Wildman–Crippen MR) is 99.3 cm³/mol. The van der Waals surface area contributed by atoms with Gasteiger partial charge < -0.3 is 20.1 Å². The van der Waals surface area contributed by atoms with Crippen LogP contribution in [0, 0.1) is 0 Å². The molecule has 1 heterocycles. The van der Waals surface area contributed by atoms with E-state index in [0.29, 0.717) is 17.3 Å². The van der Waals surface area contributed by atoms with E-state index in [1.807, 2.05) is 24.3 Å². The van der Waals surface area contributed by atoms with Crippen LogP contribution in [0.15, 0.2) is 60.9 Å². The molecule has 0 unspecified atom stereocenters. The van der Waals surface area contributed by atoms with Crippen molar-refractivity contribution in [2.45, 2.75) is 0 Å². The van der Waals surface area contributed by atoms with Gasteiger partial charge in [0.2, 0.25) is 0 Å². The van der Waals surface area contributed by atoms with Gasteiger partial charge in [-0.2, -0.15) is 0 Å². The zero-order valence-electron chi connectivity index (χ0n) is 14.4. The second-order valence-electron chi connectivity index (χ2n) is 5.33. The molecule has 0 aliphatic heterocycles. The maximum absolute atomic E-state index is 12.3. The van der Waals surface area contributed by atoms with E-state index in [9.17, 15) is 4.79 Å². The Kier molecular flexibility index (Phi) is 5.28. The Morgan fingerprint density at radius 1 is 0.885 bits per heavy atom. The van der Waals surface area contributed by atoms with E-state index in [1.165, 1.54) is 12.4 Å². The van der Waals surface area contributed by atoms with Crippen LogP contribution in [0.3, 0.4) is 0 Å². The molecule has 0 atom stereocenters. The summed E-state index contributed by atoms with van der Waals surface area (Å²) in [5.41, 5.74) is 1.64. The molecule has 0 aliphatic rings. The SMILES string of the molecule is COc1cccc(NC(=O)c2cnc(Nc3cccc(OC)c3)cn2)c1. The van der Waals surface area contributed by atoms with E-state index in [-0.39, 0.29) is 11.6 Å². The van der Waals surface area contributed by atoms with Crippen molar-refractivity contribution in [2.24, 2.45) is 0 Å². The van der Waals surface area contributed by atoms with E-state index in [1.54, 1.807) is 38.5 Å². The third kappa shape index (κ3) is 4.27. The average molecular weight is 350 g/mol. The van der Waals surface area contributed by atoms with Gasteiger partial charge in [0, 0.05) is 23.5 Å². The number of carbonyl (C=O) groups is 1. The Bertz CT molecular complexity index is 897. The third-order valence-electron chi connectivity index (χ3n) is 3.55. The van der Waals surface area contributed by atoms with E-state index in [4.69, 9.17) is 9.47 Å². The number of nitrogens with one attached hydrogen (secondary N) is 2. The normalized spacial score (nSPS) is 10.1. The highest BCUT2D eigenvalue weighted by molar-refractivity contribution is 6.02. The summed E-state index contributed by atoms with van der Waals surface area (Å²) >= 11 is 0. The lowest BCUT2D eigenvalue weighted by Gasteiger charge is -2.08. The highest BCUT2D eigenvalue weighted by atomic mass is 16.5. The van der Waals surface area contributed by atoms with Crippen LogP contribution in [-0.4, -0.2) is 30.1 Å². The number of amides is 1. The van der Waals surface area contributed by atoms with Crippen molar-refractivity contribution in [1.29, 1.82) is 0 Å². The molecule has 2 aromatic carbocycles. The molecule has 0 fully saturated rings. The van der Waals surface area contributed by atoms with E-state index < -0.39 is 0 Å². The number of nitrogens with zero attached hydrogens (tertiary/aromatic N) is 2. The molecular weight excluding hydrogens is 332 g/mol. The molecule has 7 nitrogen and oxygen atoms in total. The lowest BCUT2D eigenvalue weighted by molar-refractivity contribution is 0.102. The second kappa shape index (κ2) is 7.98. The first kappa shape index (κ1) is 17.2. The Hall–Kier alpha value is -3.61. The van der Waals surface area contributed by atoms with Crippen molar-refractivity contribution < 1.29 is 14.3 Å². The number of methoxy groups -OCH3 is 2. The lowest BCUT2D eigenvalue weighted by Crippen LogP contribution is -2.14. The van der Waals surface area contributed by atoms with Crippen LogP contribution in [-0.2, 0) is 0 Å². The number of rotatable bonds is 6. The fourth-order valence-electron chi connectivity index (χ4n) is 2.25. The molecule has 2 N–H and O–H groups in total. The molecule has 1 aromatic heterocycles. The highest BCUT2D eigenvalue weighted by Gasteiger charge is 2.09. The number of hydrogen-bond acceptors (Lipinski definition) is 6. The van der Waals surface area contributed by atoms with Gasteiger partial charge in [0.15, 0.2) is 0 Å². The summed E-state index contributed by atoms with van der Waals surface area (Å²) in [5, 5.41) is 5.87. The Balaban J connectivity index is 1.67. The van der Waals surface area contributed by atoms with Crippen LogP contribution in [0.25, 0.3) is 0 Å². The van der Waals surface area contributed by atoms with Crippen molar-refractivity contribution >= 4 is 23.1 Å². The van der Waals surface area contributed by atoms with Gasteiger partial charge in [0.05, 0.1) is 26.6 Å². The van der Waals surface area contributed by atoms with Crippen LogP contribution >= 0.6 is 0 Å². The topological polar surface area (TPSA) is 85.4 Å². The van der Waals surface area contributed by atoms with E-state index in [0.717, 1.165) is 11.4 Å². The molecule has 0 aliphatic carbocycles. The minimum absolute atomic E-state index is 0.212. The number of aromatic nitrogens is 2. The summed E-state index contributed by atoms with van der Waals surface area (Å²) in [4.78, 5) is 20.7. The van der Waals surface area contributed by atoms with Gasteiger partial charge in [0.25, 0.3) is 5.91 Å². The Labute approximate surface area is 151 Å². The standard InChI is InChI=1S/C19H18N4O3/c1-25-15-7-3-5-13(9-15)22-18-12-20-17(11-21-18)19(24)23-14-6-4-8-16(10-14)26-2/h3-12H,1-2H3,(H,21,22)(H,23,24). The van der Waals surface area contributed by atoms with Crippen LogP contribution in [0.5, 0.6) is 11.5 Å². The first-order chi connectivity index (χ1) is 12.7. The van der Waals surface area contributed by atoms with Crippen molar-refractivity contribution in [1.82, 2.24) is 9.97 Å². The van der Waals surface area contributed by atoms with Crippen molar-refractivity contribution in [3.05, 3.63) is 66.6 Å². The van der Waals surface area contributed by atoms with Gasteiger partial charge in [-0.1, -0.05) is 12.1 Å². The monoisotopic (exact) mass is 350 g/mol. The molecule has 0 saturated heterocycles. The number of benzene rings is 2. The molecule has 3 aromatic rings. The summed E-state index contributed by atoms with van der Waals surface area (Å²) in [7, 11) is 3.18. The van der Waals surface area contributed by atoms with Crippen LogP contribution in [0.2, 0.25) is 0 Å². The van der Waals surface area contributed by atoms with Crippen LogP contribution < -0.4 is 20.1 Å². The van der Waals surface area contributed by atoms with Crippen molar-refractivity contribution in [3.8, 4) is 11.5 Å². The predicted octanol–water partition coefficient (Wildman–Crippen LogP) is 3.49. The average Bonchev–Trinajstić information content (AvgIpc) is 2.69. The molecule has 3 rings (SSSR count). The maximum atomic E-state index is 12.3. The third-order valence-corrected chi connectivity index (χ3v) is 3.55. The zero-order valence-corrected chi connectivity index (χ0v) is 14.4. The molecule has 132 valence electrons. The maximum Gasteiger partial charge on any atom is 0.275 e. The Morgan fingerprint density at radius 3 is 2.15 bits per heavy atom. The largest absolute Gasteiger partial charge is 0.497 e. The van der Waals surface area contributed by atoms with Gasteiger partial charge in [-0.3, -0.25) is 4.79 Å². The van der Waals surface area contributed by atoms with Crippen molar-refractivity contribution in [2.75, 3.05) is 24.9 Å². The zero-order chi connectivity index (χ0) is 18.4. The fourth-order valence-corrected chi connectivity index (χ4v) is 2.25. The van der Waals surface area contributed by atoms with Crippen LogP contribution in [0.1, 0.15) is 10.5 Å². The van der Waals surface area contributed by atoms with Gasteiger partial charge in [-0.15, -0.1) is 0 Å². The molecule has 26 heavy (non-hydrogen) atoms. The van der Waals surface area contributed by atoms with E-state index in [2.05, 4.69) is 20.6 Å². The molecular formula is C19H18N4O3. The second-order valence-corrected chi connectivity index (χ2v) is 5.33. The number of anilines is 3. The highest BCUT2D eigenvalue weighted by Crippen LogP contribution is 2.20. The molecule has 1 amide bonds. The quantitative estimate of drug-likeness (QED) is 0.708. The number of ether oxygens (including phenoxy) is 2. The first-order valence-electron chi connectivity index (χ1n) is 7.86. The van der Waals surface area contributed by atoms with Gasteiger partial charge >= 0.3 is 0 Å². The smallest absolute Gasteiger partial charge is 0.275 e. The van der Waals surface area contributed by atoms with Gasteiger partial charge in [-0.05, 0) is 24.3 Å². The Morgan fingerprint density at radius 2 is 1.54 bits per heavy atom. The fraction of sp³-hybridized carbons (Fsp3) is 0.105. The van der Waals surface area contributed by atoms with Crippen LogP contribution in [0.4, 0.5) is 17.2 Å². The molecule has 0 radical (unpaired) electrons. The number of carbonyl (C=O) groups excluding carboxylic acids is 1. The summed E-state index contributed by atoms with van der Waals surface area (Å²) in [6.07, 6.45) is 2.91. The summed E-state index contributed by atoms with van der Waals surface area (Å²) in [5.74, 6) is 1.57. The minimum atomic E-state index is -0.348. The van der Waals surface area contributed by atoms with Crippen molar-refractivity contribution in [3.63, 3.8) is 0 Å². The lowest BCUT2D eigenvalue weighted by atomic mass is 10.3. The first-order valence-corrected chi connectivity index (χ1v) is 7.86. The summed E-state index contributed by atoms with van der Waals surface area (Å²) in [6, 6.07) is 14.5. The molecule has 0 spiro atoms. The minimum Gasteiger partial charge on any atom is -0.497 e. The van der Waals surface area contributed by atoms with E-state index >= 15 is 0 Å².